The van der Waals surface area contributed by atoms with Crippen LogP contribution in [0, 0.1) is 6.92 Å². The highest BCUT2D eigenvalue weighted by Crippen LogP contribution is 2.33. The van der Waals surface area contributed by atoms with Crippen molar-refractivity contribution in [1.82, 2.24) is 48.0 Å². The fraction of sp³-hybridized carbons (Fsp3) is 0.143. The van der Waals surface area contributed by atoms with Crippen molar-refractivity contribution in [2.24, 2.45) is 0 Å². The lowest BCUT2D eigenvalue weighted by Gasteiger charge is -2.26. The number of aryl methyl sites for hydroxylation is 1. The molecule has 11 heteroatoms. The summed E-state index contributed by atoms with van der Waals surface area (Å²) < 4.78 is 9.34. The number of rotatable bonds is 24. The van der Waals surface area contributed by atoms with Crippen LogP contribution in [-0.4, -0.2) is 53.1 Å². The number of fused-ring (bicyclic) bond motifs is 4. The SMILES string of the molecule is C=Cc1ccc(Cn2c(CN(Cc3cc(C)cc(CN(Cc4nc5ccccc5n4Cc4ccc(C=C)cc4)Cc4nc5ccccc5n4Cc4ccc(C=C)cc4)c3O)Cc3nc4ccccc4n3Cc3ccc(C=C)cc3)nc3ccccc32)cc1. The standard InChI is InChI=1S/C77H70N10O/c1-6-55-26-34-59(35-27-55)44-84-69-22-14-10-18-65(69)78-73(84)50-82(51-74-79-66-19-11-15-23-70(66)85(74)45-60-36-28-56(7-2)29-37-60)48-63-42-54(5)43-64(77(63)88)49-83(52-75-80-67-20-12-16-24-71(67)86(75)46-61-38-30-57(8-3)31-39-61)53-76-81-68-21-13-17-25-72(68)87(76)47-62-40-32-58(9-4)33-41-62/h6-43,88H,1-4,44-53H2,5H3. The first-order valence-electron chi connectivity index (χ1n) is 30.0. The number of hydrogen-bond donors (Lipinski definition) is 1. The molecule has 0 spiro atoms. The number of phenols is 1. The summed E-state index contributed by atoms with van der Waals surface area (Å²) in [6.07, 6.45) is 7.50. The van der Waals surface area contributed by atoms with E-state index in [1.807, 2.05) is 24.3 Å². The summed E-state index contributed by atoms with van der Waals surface area (Å²) in [5.74, 6) is 3.89. The van der Waals surface area contributed by atoms with Gasteiger partial charge in [0.05, 0.1) is 70.3 Å². The molecule has 0 fully saturated rings. The van der Waals surface area contributed by atoms with E-state index in [0.717, 1.165) is 129 Å². The van der Waals surface area contributed by atoms with Crippen LogP contribution in [0.25, 0.3) is 68.4 Å². The Balaban J connectivity index is 0.905. The maximum atomic E-state index is 13.1. The number of aromatic hydroxyl groups is 1. The topological polar surface area (TPSA) is 98.0 Å². The smallest absolute Gasteiger partial charge is 0.124 e. The molecule has 0 radical (unpaired) electrons. The predicted octanol–water partition coefficient (Wildman–Crippen LogP) is 16.3. The van der Waals surface area contributed by atoms with Gasteiger partial charge < -0.3 is 23.4 Å². The Morgan fingerprint density at radius 3 is 0.818 bits per heavy atom. The number of nitrogens with zero attached hydrogens (tertiary/aromatic N) is 10. The zero-order valence-corrected chi connectivity index (χ0v) is 49.8. The second-order valence-electron chi connectivity index (χ2n) is 22.9. The molecule has 0 unspecified atom stereocenters. The predicted molar refractivity (Wildman–Crippen MR) is 360 cm³/mol. The largest absolute Gasteiger partial charge is 0.507 e. The molecule has 0 atom stereocenters. The van der Waals surface area contributed by atoms with Gasteiger partial charge in [-0.3, -0.25) is 9.80 Å². The molecule has 0 aliphatic heterocycles. The van der Waals surface area contributed by atoms with Crippen molar-refractivity contribution in [3.8, 4) is 5.75 Å². The van der Waals surface area contributed by atoms with Crippen LogP contribution in [0.4, 0.5) is 0 Å². The van der Waals surface area contributed by atoms with Gasteiger partial charge in [0.1, 0.15) is 29.0 Å². The van der Waals surface area contributed by atoms with E-state index in [1.54, 1.807) is 0 Å². The zero-order chi connectivity index (χ0) is 60.1. The second kappa shape index (κ2) is 25.2. The van der Waals surface area contributed by atoms with Crippen molar-refractivity contribution < 1.29 is 5.11 Å². The number of imidazole rings is 4. The number of benzene rings is 9. The molecule has 434 valence electrons. The van der Waals surface area contributed by atoms with Crippen molar-refractivity contribution in [1.29, 1.82) is 0 Å². The molecule has 11 nitrogen and oxygen atoms in total. The number of aromatic nitrogens is 8. The Hall–Kier alpha value is -10.5. The van der Waals surface area contributed by atoms with Gasteiger partial charge >= 0.3 is 0 Å². The van der Waals surface area contributed by atoms with Crippen LogP contribution < -0.4 is 0 Å². The molecule has 1 N–H and O–H groups in total. The summed E-state index contributed by atoms with van der Waals surface area (Å²) in [5, 5.41) is 13.1. The number of phenolic OH excluding ortho intramolecular Hbond substituents is 1. The molecule has 0 aliphatic carbocycles. The Morgan fingerprint density at radius 2 is 0.580 bits per heavy atom. The third-order valence-electron chi connectivity index (χ3n) is 16.8. The van der Waals surface area contributed by atoms with E-state index in [4.69, 9.17) is 19.9 Å². The quantitative estimate of drug-likeness (QED) is 0.0644. The fourth-order valence-electron chi connectivity index (χ4n) is 12.2. The zero-order valence-electron chi connectivity index (χ0n) is 49.8. The van der Waals surface area contributed by atoms with Crippen LogP contribution in [0.15, 0.2) is 233 Å². The molecule has 4 heterocycles. The molecule has 0 amide bonds. The van der Waals surface area contributed by atoms with Crippen molar-refractivity contribution in [2.75, 3.05) is 0 Å². The molecule has 13 rings (SSSR count). The first-order chi connectivity index (χ1) is 43.1. The minimum absolute atomic E-state index is 0.249. The van der Waals surface area contributed by atoms with Gasteiger partial charge in [0, 0.05) is 50.4 Å². The lowest BCUT2D eigenvalue weighted by Crippen LogP contribution is -2.28. The molecule has 0 saturated carbocycles. The van der Waals surface area contributed by atoms with Crippen LogP contribution >= 0.6 is 0 Å². The van der Waals surface area contributed by atoms with Gasteiger partial charge in [0.15, 0.2) is 0 Å². The fourth-order valence-corrected chi connectivity index (χ4v) is 12.2. The van der Waals surface area contributed by atoms with Crippen LogP contribution in [0.1, 0.15) is 84.5 Å². The average Bonchev–Trinajstić information content (AvgIpc) is 2.77. The Morgan fingerprint density at radius 1 is 0.341 bits per heavy atom. The first-order valence-corrected chi connectivity index (χ1v) is 30.0. The van der Waals surface area contributed by atoms with Crippen LogP contribution in [0.3, 0.4) is 0 Å². The summed E-state index contributed by atoms with van der Waals surface area (Å²) in [5.41, 5.74) is 19.5. The Labute approximate surface area is 514 Å². The highest BCUT2D eigenvalue weighted by Gasteiger charge is 2.25. The van der Waals surface area contributed by atoms with Gasteiger partial charge in [-0.15, -0.1) is 0 Å². The number of hydrogen-bond acceptors (Lipinski definition) is 7. The molecule has 4 aromatic heterocycles. The second-order valence-corrected chi connectivity index (χ2v) is 22.9. The van der Waals surface area contributed by atoms with Crippen LogP contribution in [0.5, 0.6) is 5.75 Å². The van der Waals surface area contributed by atoms with Crippen LogP contribution in [-0.2, 0) is 65.4 Å². The van der Waals surface area contributed by atoms with E-state index in [-0.39, 0.29) is 5.75 Å². The molecule has 0 saturated heterocycles. The third-order valence-corrected chi connectivity index (χ3v) is 16.8. The van der Waals surface area contributed by atoms with Gasteiger partial charge in [-0.1, -0.05) is 214 Å². The van der Waals surface area contributed by atoms with Crippen LogP contribution in [0.2, 0.25) is 0 Å². The lowest BCUT2D eigenvalue weighted by molar-refractivity contribution is 0.220. The summed E-state index contributed by atoms with van der Waals surface area (Å²) in [6.45, 7) is 23.3. The molecule has 0 aliphatic rings. The first kappa shape index (κ1) is 56.7. The van der Waals surface area contributed by atoms with E-state index in [2.05, 4.69) is 268 Å². The van der Waals surface area contributed by atoms with Crippen molar-refractivity contribution in [2.45, 2.75) is 72.4 Å². The monoisotopic (exact) mass is 1150 g/mol. The summed E-state index contributed by atoms with van der Waals surface area (Å²) in [4.78, 5) is 26.3. The van der Waals surface area contributed by atoms with E-state index in [0.29, 0.717) is 65.4 Å². The van der Waals surface area contributed by atoms with Gasteiger partial charge in [0.2, 0.25) is 0 Å². The third kappa shape index (κ3) is 12.2. The minimum Gasteiger partial charge on any atom is -0.507 e. The molecule has 0 bridgehead atoms. The van der Waals surface area contributed by atoms with Gasteiger partial charge in [0.25, 0.3) is 0 Å². The molecule has 88 heavy (non-hydrogen) atoms. The molecular weight excluding hydrogens is 1080 g/mol. The van der Waals surface area contributed by atoms with Crippen molar-refractivity contribution in [3.63, 3.8) is 0 Å². The highest BCUT2D eigenvalue weighted by atomic mass is 16.3. The minimum atomic E-state index is 0.249. The normalized spacial score (nSPS) is 11.7. The van der Waals surface area contributed by atoms with Crippen molar-refractivity contribution >= 4 is 68.4 Å². The summed E-state index contributed by atoms with van der Waals surface area (Å²) >= 11 is 0. The molecule has 9 aromatic carbocycles. The van der Waals surface area contributed by atoms with E-state index < -0.39 is 0 Å². The Bertz CT molecular complexity index is 4110. The van der Waals surface area contributed by atoms with E-state index in [9.17, 15) is 5.11 Å². The summed E-state index contributed by atoms with van der Waals surface area (Å²) in [6, 6.07) is 72.0. The summed E-state index contributed by atoms with van der Waals surface area (Å²) in [7, 11) is 0. The number of para-hydroxylation sites is 8. The lowest BCUT2D eigenvalue weighted by atomic mass is 10.0. The maximum absolute atomic E-state index is 13.1. The van der Waals surface area contributed by atoms with Gasteiger partial charge in [-0.25, -0.2) is 19.9 Å². The Kier molecular flexibility index (Phi) is 16.3. The van der Waals surface area contributed by atoms with Gasteiger partial charge in [-0.05, 0) is 100.0 Å². The maximum Gasteiger partial charge on any atom is 0.124 e. The van der Waals surface area contributed by atoms with Gasteiger partial charge in [-0.2, -0.15) is 0 Å². The molecule has 13 aromatic rings. The van der Waals surface area contributed by atoms with E-state index >= 15 is 0 Å². The van der Waals surface area contributed by atoms with Crippen molar-refractivity contribution in [3.05, 3.63) is 317 Å². The van der Waals surface area contributed by atoms with E-state index in [1.165, 1.54) is 0 Å². The molecular formula is C77H70N10O. The highest BCUT2D eigenvalue weighted by molar-refractivity contribution is 5.78. The average molecular weight is 1150 g/mol.